The number of para-hydroxylation sites is 1. The minimum absolute atomic E-state index is 0.0585. The van der Waals surface area contributed by atoms with Crippen LogP contribution in [0.5, 0.6) is 0 Å². The normalized spacial score (nSPS) is 25.7. The third kappa shape index (κ3) is 7.54. The van der Waals surface area contributed by atoms with Crippen LogP contribution in [0.2, 0.25) is 0 Å². The fourth-order valence-electron chi connectivity index (χ4n) is 11.7. The van der Waals surface area contributed by atoms with Gasteiger partial charge in [0.2, 0.25) is 17.7 Å². The number of hydrogen-bond acceptors (Lipinski definition) is 11. The number of alkyl halides is 2. The van der Waals surface area contributed by atoms with Crippen molar-refractivity contribution < 1.29 is 32.7 Å². The molecule has 2 bridgehead atoms. The number of aromatic nitrogens is 7. The molecular weight excluding hydrogens is 855 g/mol. The highest BCUT2D eigenvalue weighted by molar-refractivity contribution is 6.08. The highest BCUT2D eigenvalue weighted by atomic mass is 19.3. The average molecular weight is 909 g/mol. The number of piperidine rings is 3. The third-order valence-electron chi connectivity index (χ3n) is 15.6. The zero-order chi connectivity index (χ0) is 45.4. The second-order valence-electron chi connectivity index (χ2n) is 19.3. The number of anilines is 2. The molecule has 5 aliphatic heterocycles. The van der Waals surface area contributed by atoms with Crippen LogP contribution in [0.25, 0.3) is 16.7 Å². The topological polar surface area (TPSA) is 186 Å². The lowest BCUT2D eigenvalue weighted by atomic mass is 9.71. The molecule has 9 heterocycles. The number of halogens is 2. The smallest absolute Gasteiger partial charge is 0.329 e. The quantitative estimate of drug-likeness (QED) is 0.200. The minimum Gasteiger partial charge on any atom is -0.374 e. The number of morpholine rings is 1. The van der Waals surface area contributed by atoms with Crippen LogP contribution in [0.1, 0.15) is 111 Å². The molecule has 1 saturated carbocycles. The molecule has 11 rings (SSSR count). The van der Waals surface area contributed by atoms with Gasteiger partial charge >= 0.3 is 5.69 Å². The molecule has 4 aromatic heterocycles. The lowest BCUT2D eigenvalue weighted by Crippen LogP contribution is -2.49. The lowest BCUT2D eigenvalue weighted by Gasteiger charge is -2.47. The van der Waals surface area contributed by atoms with Gasteiger partial charge in [0.25, 0.3) is 12.3 Å². The predicted molar refractivity (Wildman–Crippen MR) is 236 cm³/mol. The maximum absolute atomic E-state index is 14.4. The van der Waals surface area contributed by atoms with Gasteiger partial charge in [-0.1, -0.05) is 12.1 Å². The van der Waals surface area contributed by atoms with Crippen molar-refractivity contribution in [3.8, 4) is 0 Å². The van der Waals surface area contributed by atoms with Crippen molar-refractivity contribution in [3.63, 3.8) is 0 Å². The van der Waals surface area contributed by atoms with Gasteiger partial charge in [-0.05, 0) is 100 Å². The molecule has 18 nitrogen and oxygen atoms in total. The number of benzene rings is 1. The van der Waals surface area contributed by atoms with Crippen molar-refractivity contribution in [2.75, 3.05) is 49.5 Å². The molecule has 348 valence electrons. The van der Waals surface area contributed by atoms with Crippen molar-refractivity contribution in [2.24, 2.45) is 18.4 Å². The van der Waals surface area contributed by atoms with E-state index in [1.807, 2.05) is 29.2 Å². The van der Waals surface area contributed by atoms with E-state index in [9.17, 15) is 32.8 Å². The Labute approximate surface area is 378 Å². The summed E-state index contributed by atoms with van der Waals surface area (Å²) in [6, 6.07) is 7.00. The van der Waals surface area contributed by atoms with Crippen LogP contribution < -0.4 is 21.2 Å². The van der Waals surface area contributed by atoms with Gasteiger partial charge in [-0.25, -0.2) is 23.1 Å². The molecule has 6 aliphatic rings. The van der Waals surface area contributed by atoms with E-state index in [-0.39, 0.29) is 64.7 Å². The van der Waals surface area contributed by atoms with Gasteiger partial charge in [-0.3, -0.25) is 43.2 Å². The van der Waals surface area contributed by atoms with E-state index >= 15 is 0 Å². The van der Waals surface area contributed by atoms with Gasteiger partial charge in [0.05, 0.1) is 47.7 Å². The number of rotatable bonds is 9. The first-order chi connectivity index (χ1) is 31.9. The van der Waals surface area contributed by atoms with Crippen LogP contribution in [0, 0.1) is 11.3 Å². The minimum atomic E-state index is -2.91. The van der Waals surface area contributed by atoms with Crippen molar-refractivity contribution >= 4 is 51.8 Å². The molecule has 66 heavy (non-hydrogen) atoms. The van der Waals surface area contributed by atoms with Crippen molar-refractivity contribution in [3.05, 3.63) is 70.2 Å². The molecular formula is C46H54F2N12O6. The number of nitrogens with zero attached hydrogens (tertiary/aromatic N) is 10. The fraction of sp³-hybridized carbons (Fsp3) is 0.565. The zero-order valence-corrected chi connectivity index (χ0v) is 36.9. The predicted octanol–water partition coefficient (Wildman–Crippen LogP) is 4.36. The van der Waals surface area contributed by atoms with E-state index in [0.29, 0.717) is 75.3 Å². The van der Waals surface area contributed by atoms with Crippen LogP contribution in [0.4, 0.5) is 20.3 Å². The summed E-state index contributed by atoms with van der Waals surface area (Å²) in [5.41, 5.74) is 2.35. The van der Waals surface area contributed by atoms with E-state index in [1.165, 1.54) is 26.2 Å². The van der Waals surface area contributed by atoms with Crippen molar-refractivity contribution in [1.29, 1.82) is 0 Å². The summed E-state index contributed by atoms with van der Waals surface area (Å²) in [4.78, 5) is 76.8. The molecule has 3 atom stereocenters. The highest BCUT2D eigenvalue weighted by Gasteiger charge is 2.42. The average Bonchev–Trinajstić information content (AvgIpc) is 4.18. The first-order valence-corrected chi connectivity index (χ1v) is 23.4. The molecule has 0 radical (unpaired) electrons. The van der Waals surface area contributed by atoms with E-state index in [2.05, 4.69) is 30.6 Å². The standard InChI is InChI=1S/C46H54F2N12O6/c1-54-39-28(3-2-4-34(39)60(45(54)65)35-9-10-37(61)52-43(35)63)23-55-17-12-46(13-18-55)14-19-56(20-15-46)44(64)27-5-7-29(8-6-27)59-25-33(38(53-59)40(47)48)50-42(62)32-22-49-58-16-11-36(51-41(32)58)57-24-31-21-30(57)26-66-31/h2-4,11,16,22,25,27,29-31,35,40H,5-10,12-15,17-21,23-24,26H2,1H3,(H,50,62)(H,52,61,63)/t27?,29?,30-,31-,35?/m1/s1. The molecule has 4 amide bonds. The van der Waals surface area contributed by atoms with Gasteiger partial charge in [0.15, 0.2) is 11.3 Å². The molecule has 6 fully saturated rings. The van der Waals surface area contributed by atoms with Crippen molar-refractivity contribution in [2.45, 2.75) is 108 Å². The summed E-state index contributed by atoms with van der Waals surface area (Å²) in [5, 5.41) is 13.6. The molecule has 5 aromatic rings. The second-order valence-corrected chi connectivity index (χ2v) is 19.3. The molecule has 5 saturated heterocycles. The SMILES string of the molecule is Cn1c(=O)n(C2CCC(=O)NC2=O)c2cccc(CN3CCC4(CC3)CCN(C(=O)C3CCC(n5cc(NC(=O)c6cnn7ccc(N8C[C@H]9C[C@@H]8CO9)nc67)c(C(F)F)n5)CC3)CC4)c21. The zero-order valence-electron chi connectivity index (χ0n) is 36.9. The van der Waals surface area contributed by atoms with Gasteiger partial charge in [0.1, 0.15) is 17.4 Å². The maximum atomic E-state index is 14.4. The number of imidazole rings is 1. The van der Waals surface area contributed by atoms with Crippen LogP contribution in [0.15, 0.2) is 47.7 Å². The Kier molecular flexibility index (Phi) is 10.8. The van der Waals surface area contributed by atoms with E-state index in [0.717, 1.165) is 62.8 Å². The number of imide groups is 1. The number of amides is 4. The fourth-order valence-corrected chi connectivity index (χ4v) is 11.7. The summed E-state index contributed by atoms with van der Waals surface area (Å²) in [7, 11) is 1.73. The van der Waals surface area contributed by atoms with Crippen molar-refractivity contribution in [1.82, 2.24) is 48.6 Å². The monoisotopic (exact) mass is 908 g/mol. The summed E-state index contributed by atoms with van der Waals surface area (Å²) in [5.74, 6) is -0.623. The van der Waals surface area contributed by atoms with Crippen LogP contribution in [0.3, 0.4) is 0 Å². The van der Waals surface area contributed by atoms with E-state index < -0.39 is 30.0 Å². The van der Waals surface area contributed by atoms with Gasteiger partial charge in [-0.2, -0.15) is 10.2 Å². The Hall–Kier alpha value is -6.02. The number of nitrogens with one attached hydrogen (secondary N) is 2. The highest BCUT2D eigenvalue weighted by Crippen LogP contribution is 2.43. The van der Waals surface area contributed by atoms with E-state index in [1.54, 1.807) is 17.8 Å². The van der Waals surface area contributed by atoms with E-state index in [4.69, 9.17) is 9.72 Å². The summed E-state index contributed by atoms with van der Waals surface area (Å²) in [6.07, 6.45) is 9.68. The number of aryl methyl sites for hydroxylation is 1. The molecule has 20 heteroatoms. The Morgan fingerprint density at radius 3 is 2.47 bits per heavy atom. The largest absolute Gasteiger partial charge is 0.374 e. The lowest BCUT2D eigenvalue weighted by molar-refractivity contribution is -0.140. The summed E-state index contributed by atoms with van der Waals surface area (Å²) < 4.78 is 40.6. The molecule has 1 unspecified atom stereocenters. The summed E-state index contributed by atoms with van der Waals surface area (Å²) in [6.45, 7) is 5.25. The molecule has 1 aromatic carbocycles. The third-order valence-corrected chi connectivity index (χ3v) is 15.6. The van der Waals surface area contributed by atoms with Gasteiger partial charge < -0.3 is 19.9 Å². The Morgan fingerprint density at radius 1 is 0.985 bits per heavy atom. The van der Waals surface area contributed by atoms with Crippen LogP contribution in [-0.4, -0.2) is 118 Å². The first kappa shape index (κ1) is 42.6. The first-order valence-electron chi connectivity index (χ1n) is 23.4. The Morgan fingerprint density at radius 2 is 1.76 bits per heavy atom. The number of likely N-dealkylation sites (tertiary alicyclic amines) is 2. The number of carbonyl (C=O) groups is 4. The number of carbonyl (C=O) groups excluding carboxylic acids is 4. The molecule has 1 spiro atoms. The molecule has 2 N–H and O–H groups in total. The van der Waals surface area contributed by atoms with Gasteiger partial charge in [-0.15, -0.1) is 0 Å². The second kappa shape index (κ2) is 16.7. The Balaban J connectivity index is 0.677. The van der Waals surface area contributed by atoms with Crippen LogP contribution >= 0.6 is 0 Å². The summed E-state index contributed by atoms with van der Waals surface area (Å²) >= 11 is 0. The number of fused-ring (bicyclic) bond motifs is 4. The van der Waals surface area contributed by atoms with Gasteiger partial charge in [0, 0.05) is 58.0 Å². The molecule has 1 aliphatic carbocycles. The number of hydrogen-bond donors (Lipinski definition) is 2. The number of ether oxygens (including phenoxy) is 1. The van der Waals surface area contributed by atoms with Crippen LogP contribution in [-0.2, 0) is 32.7 Å². The maximum Gasteiger partial charge on any atom is 0.329 e. The Bertz CT molecular complexity index is 2790.